The maximum Gasteiger partial charge on any atom is 0.274 e. The van der Waals surface area contributed by atoms with E-state index < -0.39 is 4.92 Å². The van der Waals surface area contributed by atoms with Crippen molar-refractivity contribution in [1.82, 2.24) is 0 Å². The van der Waals surface area contributed by atoms with Crippen LogP contribution in [-0.2, 0) is 0 Å². The number of anilines is 1. The summed E-state index contributed by atoms with van der Waals surface area (Å²) in [7, 11) is 3.67. The van der Waals surface area contributed by atoms with E-state index >= 15 is 0 Å². The lowest BCUT2D eigenvalue weighted by Crippen LogP contribution is -2.08. The molecule has 13 heavy (non-hydrogen) atoms. The van der Waals surface area contributed by atoms with Gasteiger partial charge in [-0.3, -0.25) is 10.1 Å². The van der Waals surface area contributed by atoms with Gasteiger partial charge in [0, 0.05) is 31.4 Å². The Labute approximate surface area is 76.9 Å². The SMILES string of the molecule is [CH2]c1ccc(N(C)C)cc1[N+](=O)[O-]. The Kier molecular flexibility index (Phi) is 2.51. The molecule has 0 N–H and O–H groups in total. The van der Waals surface area contributed by atoms with Gasteiger partial charge in [0.2, 0.25) is 0 Å². The highest BCUT2D eigenvalue weighted by molar-refractivity contribution is 5.56. The van der Waals surface area contributed by atoms with Gasteiger partial charge >= 0.3 is 0 Å². The Morgan fingerprint density at radius 3 is 2.54 bits per heavy atom. The molecule has 0 aromatic heterocycles. The predicted molar refractivity (Wildman–Crippen MR) is 51.9 cm³/mol. The molecule has 0 bridgehead atoms. The van der Waals surface area contributed by atoms with E-state index in [0.717, 1.165) is 5.69 Å². The van der Waals surface area contributed by atoms with Crippen molar-refractivity contribution in [3.05, 3.63) is 40.8 Å². The lowest BCUT2D eigenvalue weighted by molar-refractivity contribution is -0.385. The van der Waals surface area contributed by atoms with Crippen LogP contribution in [0, 0.1) is 17.0 Å². The average molecular weight is 179 g/mol. The molecule has 0 fully saturated rings. The average Bonchev–Trinajstić information content (AvgIpc) is 2.04. The van der Waals surface area contributed by atoms with E-state index in [9.17, 15) is 10.1 Å². The molecule has 1 radical (unpaired) electrons. The number of hydrogen-bond donors (Lipinski definition) is 0. The Morgan fingerprint density at radius 2 is 2.08 bits per heavy atom. The molecule has 4 nitrogen and oxygen atoms in total. The molecule has 69 valence electrons. The molecule has 0 aliphatic rings. The fourth-order valence-electron chi connectivity index (χ4n) is 1.00. The summed E-state index contributed by atoms with van der Waals surface area (Å²) in [6.07, 6.45) is 0. The highest BCUT2D eigenvalue weighted by Crippen LogP contribution is 2.23. The van der Waals surface area contributed by atoms with Crippen LogP contribution in [0.15, 0.2) is 18.2 Å². The van der Waals surface area contributed by atoms with Crippen molar-refractivity contribution in [2.75, 3.05) is 19.0 Å². The first-order valence-electron chi connectivity index (χ1n) is 3.80. The summed E-state index contributed by atoms with van der Waals surface area (Å²) in [6, 6.07) is 4.96. The molecule has 1 rings (SSSR count). The van der Waals surface area contributed by atoms with Crippen molar-refractivity contribution >= 4 is 11.4 Å². The predicted octanol–water partition coefficient (Wildman–Crippen LogP) is 1.84. The maximum atomic E-state index is 10.5. The van der Waals surface area contributed by atoms with Crippen molar-refractivity contribution in [1.29, 1.82) is 0 Å². The van der Waals surface area contributed by atoms with Crippen LogP contribution in [0.2, 0.25) is 0 Å². The number of rotatable bonds is 2. The molecular formula is C9H11N2O2. The van der Waals surface area contributed by atoms with Crippen LogP contribution in [0.4, 0.5) is 11.4 Å². The van der Waals surface area contributed by atoms with E-state index in [4.69, 9.17) is 0 Å². The number of nitro benzene ring substituents is 1. The van der Waals surface area contributed by atoms with E-state index in [1.54, 1.807) is 12.1 Å². The van der Waals surface area contributed by atoms with Crippen LogP contribution in [-0.4, -0.2) is 19.0 Å². The highest BCUT2D eigenvalue weighted by atomic mass is 16.6. The number of nitrogens with zero attached hydrogens (tertiary/aromatic N) is 2. The molecule has 0 saturated heterocycles. The number of nitro groups is 1. The standard InChI is InChI=1S/C9H11N2O2/c1-7-4-5-8(10(2)3)6-9(7)11(12)13/h4-6H,1H2,2-3H3. The molecule has 0 spiro atoms. The summed E-state index contributed by atoms with van der Waals surface area (Å²) in [6.45, 7) is 3.58. The van der Waals surface area contributed by atoms with E-state index in [-0.39, 0.29) is 5.69 Å². The summed E-state index contributed by atoms with van der Waals surface area (Å²) >= 11 is 0. The summed E-state index contributed by atoms with van der Waals surface area (Å²) in [5.74, 6) is 0. The second-order valence-corrected chi connectivity index (χ2v) is 2.96. The molecule has 0 amide bonds. The Balaban J connectivity index is 3.19. The van der Waals surface area contributed by atoms with Crippen molar-refractivity contribution in [3.63, 3.8) is 0 Å². The molecule has 0 saturated carbocycles. The molecule has 1 aromatic rings. The minimum atomic E-state index is -0.421. The van der Waals surface area contributed by atoms with Gasteiger partial charge < -0.3 is 4.90 Å². The van der Waals surface area contributed by atoms with Crippen LogP contribution in [0.3, 0.4) is 0 Å². The van der Waals surface area contributed by atoms with Gasteiger partial charge in [0.1, 0.15) is 0 Å². The third-order valence-corrected chi connectivity index (χ3v) is 1.78. The fourth-order valence-corrected chi connectivity index (χ4v) is 1.00. The molecule has 0 aliphatic carbocycles. The maximum absolute atomic E-state index is 10.5. The van der Waals surface area contributed by atoms with Gasteiger partial charge in [-0.05, 0) is 13.0 Å². The zero-order valence-corrected chi connectivity index (χ0v) is 7.65. The van der Waals surface area contributed by atoms with Gasteiger partial charge in [-0.25, -0.2) is 0 Å². The topological polar surface area (TPSA) is 46.4 Å². The molecule has 4 heteroatoms. The monoisotopic (exact) mass is 179 g/mol. The number of benzene rings is 1. The third kappa shape index (κ3) is 1.96. The fraction of sp³-hybridized carbons (Fsp3) is 0.222. The molecular weight excluding hydrogens is 168 g/mol. The van der Waals surface area contributed by atoms with Crippen molar-refractivity contribution in [3.8, 4) is 0 Å². The first-order valence-corrected chi connectivity index (χ1v) is 3.80. The van der Waals surface area contributed by atoms with E-state index in [0.29, 0.717) is 5.56 Å². The van der Waals surface area contributed by atoms with Crippen LogP contribution in [0.25, 0.3) is 0 Å². The van der Waals surface area contributed by atoms with Crippen molar-refractivity contribution in [2.45, 2.75) is 0 Å². The van der Waals surface area contributed by atoms with Crippen LogP contribution in [0.1, 0.15) is 5.56 Å². The largest absolute Gasteiger partial charge is 0.377 e. The first-order chi connectivity index (χ1) is 6.02. The van der Waals surface area contributed by atoms with Gasteiger partial charge in [-0.2, -0.15) is 0 Å². The minimum absolute atomic E-state index is 0.0613. The summed E-state index contributed by atoms with van der Waals surface area (Å²) in [4.78, 5) is 11.9. The molecule has 0 heterocycles. The zero-order chi connectivity index (χ0) is 10.0. The summed E-state index contributed by atoms with van der Waals surface area (Å²) in [5, 5.41) is 10.5. The van der Waals surface area contributed by atoms with E-state index in [1.165, 1.54) is 6.07 Å². The highest BCUT2D eigenvalue weighted by Gasteiger charge is 2.11. The minimum Gasteiger partial charge on any atom is -0.377 e. The van der Waals surface area contributed by atoms with Gasteiger partial charge in [-0.15, -0.1) is 0 Å². The van der Waals surface area contributed by atoms with Crippen molar-refractivity contribution < 1.29 is 4.92 Å². The van der Waals surface area contributed by atoms with Gasteiger partial charge in [-0.1, -0.05) is 6.07 Å². The second-order valence-electron chi connectivity index (χ2n) is 2.96. The third-order valence-electron chi connectivity index (χ3n) is 1.78. The normalized spacial score (nSPS) is 9.77. The molecule has 0 aliphatic heterocycles. The van der Waals surface area contributed by atoms with Crippen LogP contribution < -0.4 is 4.90 Å². The zero-order valence-electron chi connectivity index (χ0n) is 7.65. The Morgan fingerprint density at radius 1 is 1.46 bits per heavy atom. The Hall–Kier alpha value is -1.58. The lowest BCUT2D eigenvalue weighted by Gasteiger charge is -2.11. The second kappa shape index (κ2) is 3.43. The lowest BCUT2D eigenvalue weighted by atomic mass is 10.2. The van der Waals surface area contributed by atoms with Gasteiger partial charge in [0.05, 0.1) is 4.92 Å². The smallest absolute Gasteiger partial charge is 0.274 e. The van der Waals surface area contributed by atoms with E-state index in [2.05, 4.69) is 6.92 Å². The quantitative estimate of drug-likeness (QED) is 0.514. The van der Waals surface area contributed by atoms with Gasteiger partial charge in [0.25, 0.3) is 5.69 Å². The van der Waals surface area contributed by atoms with E-state index in [1.807, 2.05) is 19.0 Å². The van der Waals surface area contributed by atoms with Gasteiger partial charge in [0.15, 0.2) is 0 Å². The molecule has 0 unspecified atom stereocenters. The molecule has 1 aromatic carbocycles. The number of hydrogen-bond acceptors (Lipinski definition) is 3. The van der Waals surface area contributed by atoms with Crippen LogP contribution in [0.5, 0.6) is 0 Å². The molecule has 0 atom stereocenters. The first kappa shape index (κ1) is 9.51. The van der Waals surface area contributed by atoms with Crippen molar-refractivity contribution in [2.24, 2.45) is 0 Å². The van der Waals surface area contributed by atoms with Crippen LogP contribution >= 0.6 is 0 Å². The summed E-state index contributed by atoms with van der Waals surface area (Å²) < 4.78 is 0. The Bertz CT molecular complexity index is 334. The summed E-state index contributed by atoms with van der Waals surface area (Å²) in [5.41, 5.74) is 1.31.